The lowest BCUT2D eigenvalue weighted by atomic mass is 9.61. The quantitative estimate of drug-likeness (QED) is 0.0660. The maximum Gasteiger partial charge on any atom is 0.272 e. The van der Waals surface area contributed by atoms with Crippen LogP contribution in [0.15, 0.2) is 48.5 Å². The Hall–Kier alpha value is -7.08. The number of phenolic OH excluding ortho intramolecular Hbond substituents is 12. The molecule has 4 aromatic carbocycles. The van der Waals surface area contributed by atoms with E-state index in [1.165, 1.54) is 0 Å². The summed E-state index contributed by atoms with van der Waals surface area (Å²) in [5.41, 5.74) is -14.4. The lowest BCUT2D eigenvalue weighted by molar-refractivity contribution is -0.366. The smallest absolute Gasteiger partial charge is 0.272 e. The number of carbonyl (C=O) groups excluding carboxylic acids is 4. The average molecular weight is 789 g/mol. The van der Waals surface area contributed by atoms with Crippen LogP contribution in [0.3, 0.4) is 0 Å². The number of aliphatic hydroxyl groups is 5. The zero-order valence-corrected chi connectivity index (χ0v) is 27.5. The Labute approximate surface area is 309 Å². The standard InChI is InChI=1S/C34H28O22/c35-13-1-9(2-14(36)22(13)44)21(43)26(48)27-31(52)32(53,28(49)10-3-15(37)23(45)16(38)4-10)33(54,29(50)11-5-17(39)24(46)18(40)6-11)34(55,56-27)30(51)12-7-19(41)25(47)20(42)8-12/h1-8,26-27,31,35-42,44-48,52-55H/t26?,27-,31-,32+,33-,34?/m1/s1. The summed E-state index contributed by atoms with van der Waals surface area (Å²) < 4.78 is 5.18. The van der Waals surface area contributed by atoms with Gasteiger partial charge in [0.2, 0.25) is 23.0 Å². The summed E-state index contributed by atoms with van der Waals surface area (Å²) in [4.78, 5) is 56.7. The highest BCUT2D eigenvalue weighted by Crippen LogP contribution is 2.52. The van der Waals surface area contributed by atoms with Crippen molar-refractivity contribution in [2.75, 3.05) is 0 Å². The van der Waals surface area contributed by atoms with Crippen LogP contribution in [0.5, 0.6) is 69.0 Å². The number of hydrogen-bond acceptors (Lipinski definition) is 22. The third-order valence-electron chi connectivity index (χ3n) is 9.00. The van der Waals surface area contributed by atoms with E-state index in [4.69, 9.17) is 4.74 Å². The molecule has 0 saturated carbocycles. The second-order valence-electron chi connectivity index (χ2n) is 12.4. The van der Waals surface area contributed by atoms with Gasteiger partial charge in [0, 0.05) is 22.3 Å². The van der Waals surface area contributed by atoms with Crippen molar-refractivity contribution in [1.29, 1.82) is 0 Å². The number of Topliss-reactive ketones (excluding diaryl/α,β-unsaturated/α-hetero) is 4. The molecule has 0 aliphatic carbocycles. The van der Waals surface area contributed by atoms with Gasteiger partial charge in [-0.25, -0.2) is 0 Å². The summed E-state index contributed by atoms with van der Waals surface area (Å²) in [5, 5.41) is 180. The third kappa shape index (κ3) is 5.69. The highest BCUT2D eigenvalue weighted by atomic mass is 16.7. The van der Waals surface area contributed by atoms with Crippen molar-refractivity contribution in [2.24, 2.45) is 0 Å². The molecule has 0 amide bonds. The van der Waals surface area contributed by atoms with E-state index in [9.17, 15) is 106 Å². The second kappa shape index (κ2) is 13.3. The van der Waals surface area contributed by atoms with Gasteiger partial charge in [-0.3, -0.25) is 19.2 Å². The molecule has 1 aliphatic rings. The molecule has 2 unspecified atom stereocenters. The maximum absolute atomic E-state index is 14.4. The first-order chi connectivity index (χ1) is 25.8. The third-order valence-corrected chi connectivity index (χ3v) is 9.00. The van der Waals surface area contributed by atoms with Gasteiger partial charge in [-0.1, -0.05) is 0 Å². The Morgan fingerprint density at radius 1 is 0.482 bits per heavy atom. The summed E-state index contributed by atoms with van der Waals surface area (Å²) in [6.07, 6.45) is -9.82. The normalized spacial score (nSPS) is 23.9. The molecule has 1 fully saturated rings. The summed E-state index contributed by atoms with van der Waals surface area (Å²) >= 11 is 0. The van der Waals surface area contributed by atoms with Gasteiger partial charge in [0.05, 0.1) is 0 Å². The summed E-state index contributed by atoms with van der Waals surface area (Å²) in [6.45, 7) is 0. The number of aromatic hydroxyl groups is 12. The van der Waals surface area contributed by atoms with Crippen molar-refractivity contribution >= 4 is 23.1 Å². The van der Waals surface area contributed by atoms with Crippen molar-refractivity contribution in [2.45, 2.75) is 35.3 Å². The van der Waals surface area contributed by atoms with Gasteiger partial charge in [-0.05, 0) is 48.5 Å². The minimum Gasteiger partial charge on any atom is -0.504 e. The molecule has 4 aromatic rings. The monoisotopic (exact) mass is 788 g/mol. The minimum absolute atomic E-state index is 0.211. The number of ketones is 4. The molecule has 1 saturated heterocycles. The number of phenols is 12. The Bertz CT molecular complexity index is 2260. The van der Waals surface area contributed by atoms with Crippen molar-refractivity contribution in [3.05, 3.63) is 70.8 Å². The van der Waals surface area contributed by atoms with Crippen molar-refractivity contribution in [1.82, 2.24) is 0 Å². The van der Waals surface area contributed by atoms with Gasteiger partial charge in [0.15, 0.2) is 80.4 Å². The first kappa shape index (κ1) is 40.1. The molecular formula is C34H28O22. The molecule has 0 aromatic heterocycles. The summed E-state index contributed by atoms with van der Waals surface area (Å²) in [5.74, 6) is -29.3. The lowest BCUT2D eigenvalue weighted by Gasteiger charge is -2.56. The Balaban J connectivity index is 1.88. The van der Waals surface area contributed by atoms with Crippen molar-refractivity contribution < 1.29 is 111 Å². The molecule has 1 aliphatic heterocycles. The van der Waals surface area contributed by atoms with Crippen LogP contribution in [0.25, 0.3) is 0 Å². The van der Waals surface area contributed by atoms with Gasteiger partial charge in [0.1, 0.15) is 18.3 Å². The zero-order valence-electron chi connectivity index (χ0n) is 27.5. The maximum atomic E-state index is 14.4. The molecule has 0 spiro atoms. The molecule has 0 bridgehead atoms. The van der Waals surface area contributed by atoms with Crippen LogP contribution in [0, 0.1) is 0 Å². The van der Waals surface area contributed by atoms with E-state index in [0.717, 1.165) is 0 Å². The largest absolute Gasteiger partial charge is 0.504 e. The second-order valence-corrected chi connectivity index (χ2v) is 12.4. The number of hydrogen-bond donors (Lipinski definition) is 17. The first-order valence-corrected chi connectivity index (χ1v) is 15.2. The molecule has 0 radical (unpaired) electrons. The fourth-order valence-electron chi connectivity index (χ4n) is 6.03. The van der Waals surface area contributed by atoms with Crippen LogP contribution in [-0.2, 0) is 4.74 Å². The average Bonchev–Trinajstić information content (AvgIpc) is 3.15. The molecule has 5 rings (SSSR count). The van der Waals surface area contributed by atoms with Crippen LogP contribution < -0.4 is 0 Å². The highest BCUT2D eigenvalue weighted by Gasteiger charge is 2.80. The van der Waals surface area contributed by atoms with Gasteiger partial charge < -0.3 is 91.5 Å². The van der Waals surface area contributed by atoms with Crippen LogP contribution in [-0.4, -0.2) is 145 Å². The number of rotatable bonds is 9. The minimum atomic E-state index is -4.87. The fourth-order valence-corrected chi connectivity index (χ4v) is 6.03. The molecule has 56 heavy (non-hydrogen) atoms. The van der Waals surface area contributed by atoms with Crippen molar-refractivity contribution in [3.8, 4) is 69.0 Å². The van der Waals surface area contributed by atoms with Crippen LogP contribution >= 0.6 is 0 Å². The van der Waals surface area contributed by atoms with Crippen LogP contribution in [0.1, 0.15) is 41.4 Å². The topological polar surface area (TPSA) is 421 Å². The van der Waals surface area contributed by atoms with E-state index in [1.54, 1.807) is 0 Å². The molecule has 22 heteroatoms. The number of carbonyl (C=O) groups is 4. The molecular weight excluding hydrogens is 760 g/mol. The summed E-state index contributed by atoms with van der Waals surface area (Å²) in [6, 6.07) is 2.19. The molecule has 6 atom stereocenters. The molecule has 1 heterocycles. The SMILES string of the molecule is O=C(c1cc(O)c(O)c(O)c1)C(O)[C@H]1OC(O)(C(=O)c2cc(O)c(O)c(O)c2)[C@@](O)(C(=O)c2cc(O)c(O)c(O)c2)[C@](O)(C(=O)c2cc(O)c(O)c(O)c2)[C@@H]1O. The predicted molar refractivity (Wildman–Crippen MR) is 175 cm³/mol. The summed E-state index contributed by atoms with van der Waals surface area (Å²) in [7, 11) is 0. The van der Waals surface area contributed by atoms with Gasteiger partial charge >= 0.3 is 0 Å². The van der Waals surface area contributed by atoms with Gasteiger partial charge in [-0.15, -0.1) is 0 Å². The Morgan fingerprint density at radius 2 is 0.768 bits per heavy atom. The van der Waals surface area contributed by atoms with Crippen LogP contribution in [0.4, 0.5) is 0 Å². The lowest BCUT2D eigenvalue weighted by Crippen LogP contribution is -2.86. The van der Waals surface area contributed by atoms with E-state index in [1.807, 2.05) is 0 Å². The van der Waals surface area contributed by atoms with E-state index in [2.05, 4.69) is 0 Å². The Kier molecular flexibility index (Phi) is 9.56. The van der Waals surface area contributed by atoms with E-state index in [-0.39, 0.29) is 36.4 Å². The zero-order chi connectivity index (χ0) is 42.1. The van der Waals surface area contributed by atoms with Crippen molar-refractivity contribution in [3.63, 3.8) is 0 Å². The van der Waals surface area contributed by atoms with E-state index >= 15 is 0 Å². The number of benzene rings is 4. The van der Waals surface area contributed by atoms with Gasteiger partial charge in [0.25, 0.3) is 5.79 Å². The number of ether oxygens (including phenoxy) is 1. The molecule has 296 valence electrons. The highest BCUT2D eigenvalue weighted by molar-refractivity contribution is 6.18. The molecule has 22 nitrogen and oxygen atoms in total. The first-order valence-electron chi connectivity index (χ1n) is 15.2. The predicted octanol–water partition coefficient (Wildman–Crippen LogP) is -1.74. The van der Waals surface area contributed by atoms with Crippen LogP contribution in [0.2, 0.25) is 0 Å². The van der Waals surface area contributed by atoms with E-state index in [0.29, 0.717) is 12.1 Å². The molecule has 17 N–H and O–H groups in total. The number of aliphatic hydroxyl groups excluding tert-OH is 2. The Morgan fingerprint density at radius 3 is 1.11 bits per heavy atom. The van der Waals surface area contributed by atoms with E-state index < -0.39 is 150 Å². The fraction of sp³-hybridized carbons (Fsp3) is 0.176. The van der Waals surface area contributed by atoms with Gasteiger partial charge in [-0.2, -0.15) is 0 Å².